The van der Waals surface area contributed by atoms with Gasteiger partial charge in [-0.2, -0.15) is 0 Å². The van der Waals surface area contributed by atoms with Gasteiger partial charge in [0, 0.05) is 5.69 Å². The van der Waals surface area contributed by atoms with Gasteiger partial charge in [-0.15, -0.1) is 0 Å². The summed E-state index contributed by atoms with van der Waals surface area (Å²) in [4.78, 5) is 28.4. The van der Waals surface area contributed by atoms with Gasteiger partial charge in [-0.25, -0.2) is 4.98 Å². The molecular formula is C15H14N4O3. The third kappa shape index (κ3) is 2.48. The molecule has 3 rings (SSSR count). The molecule has 0 unspecified atom stereocenters. The van der Waals surface area contributed by atoms with E-state index < -0.39 is 0 Å². The van der Waals surface area contributed by atoms with Crippen LogP contribution in [0, 0.1) is 13.8 Å². The summed E-state index contributed by atoms with van der Waals surface area (Å²) < 4.78 is 6.16. The number of amides is 1. The van der Waals surface area contributed by atoms with Crippen LogP contribution in [0.3, 0.4) is 0 Å². The summed E-state index contributed by atoms with van der Waals surface area (Å²) in [7, 11) is 0. The van der Waals surface area contributed by atoms with E-state index in [1.807, 2.05) is 31.2 Å². The number of anilines is 1. The summed E-state index contributed by atoms with van der Waals surface area (Å²) in [5.41, 5.74) is 1.96. The van der Waals surface area contributed by atoms with Crippen molar-refractivity contribution < 1.29 is 9.32 Å². The third-order valence-electron chi connectivity index (χ3n) is 3.37. The van der Waals surface area contributed by atoms with Gasteiger partial charge >= 0.3 is 0 Å². The van der Waals surface area contributed by atoms with Crippen LogP contribution in [-0.4, -0.2) is 20.6 Å². The first-order valence-corrected chi connectivity index (χ1v) is 6.73. The zero-order valence-corrected chi connectivity index (χ0v) is 12.2. The third-order valence-corrected chi connectivity index (χ3v) is 3.37. The van der Waals surface area contributed by atoms with E-state index in [4.69, 9.17) is 4.52 Å². The molecule has 0 spiro atoms. The quantitative estimate of drug-likeness (QED) is 0.794. The van der Waals surface area contributed by atoms with Gasteiger partial charge in [-0.3, -0.25) is 14.2 Å². The van der Waals surface area contributed by atoms with Crippen LogP contribution in [0.5, 0.6) is 0 Å². The Labute approximate surface area is 125 Å². The summed E-state index contributed by atoms with van der Waals surface area (Å²) in [6.07, 6.45) is 1.28. The maximum absolute atomic E-state index is 12.3. The predicted octanol–water partition coefficient (Wildman–Crippen LogP) is 1.64. The molecule has 0 aliphatic carbocycles. The van der Waals surface area contributed by atoms with Crippen LogP contribution in [0.2, 0.25) is 0 Å². The minimum Gasteiger partial charge on any atom is -0.335 e. The Balaban J connectivity index is 1.86. The minimum absolute atomic E-state index is 0.124. The molecule has 3 aromatic rings. The number of hydrogen-bond donors (Lipinski definition) is 1. The molecule has 0 aliphatic heterocycles. The second-order valence-electron chi connectivity index (χ2n) is 4.99. The summed E-state index contributed by atoms with van der Waals surface area (Å²) >= 11 is 0. The molecule has 1 aromatic carbocycles. The van der Waals surface area contributed by atoms with Crippen molar-refractivity contribution in [1.29, 1.82) is 0 Å². The van der Waals surface area contributed by atoms with Gasteiger partial charge in [0.15, 0.2) is 0 Å². The molecule has 0 radical (unpaired) electrons. The van der Waals surface area contributed by atoms with Crippen LogP contribution in [0.1, 0.15) is 11.3 Å². The molecule has 0 atom stereocenters. The molecule has 0 saturated carbocycles. The predicted molar refractivity (Wildman–Crippen MR) is 80.6 cm³/mol. The molecule has 7 nitrogen and oxygen atoms in total. The zero-order chi connectivity index (χ0) is 15.7. The maximum Gasteiger partial charge on any atom is 0.267 e. The summed E-state index contributed by atoms with van der Waals surface area (Å²) in [5.74, 6) is -0.299. The van der Waals surface area contributed by atoms with Crippen molar-refractivity contribution in [1.82, 2.24) is 14.7 Å². The first-order valence-electron chi connectivity index (χ1n) is 6.73. The number of hydrogen-bond acceptors (Lipinski definition) is 5. The van der Waals surface area contributed by atoms with Crippen molar-refractivity contribution in [3.05, 3.63) is 52.2 Å². The standard InChI is InChI=1S/C15H14N4O3/c1-9-5-3-4-6-11(9)17-12(20)7-19-8-16-14-13(15(19)21)10(2)18-22-14/h3-6,8H,7H2,1-2H3,(H,17,20). The Morgan fingerprint density at radius 3 is 2.86 bits per heavy atom. The molecule has 7 heteroatoms. The normalized spacial score (nSPS) is 10.8. The average molecular weight is 298 g/mol. The number of nitrogens with zero attached hydrogens (tertiary/aromatic N) is 3. The fourth-order valence-electron chi connectivity index (χ4n) is 2.18. The maximum atomic E-state index is 12.3. The molecule has 112 valence electrons. The highest BCUT2D eigenvalue weighted by atomic mass is 16.5. The second-order valence-corrected chi connectivity index (χ2v) is 4.99. The van der Waals surface area contributed by atoms with Crippen molar-refractivity contribution in [2.24, 2.45) is 0 Å². The number of para-hydroxylation sites is 1. The minimum atomic E-state index is -0.344. The Morgan fingerprint density at radius 1 is 1.32 bits per heavy atom. The van der Waals surface area contributed by atoms with E-state index in [0.717, 1.165) is 11.3 Å². The largest absolute Gasteiger partial charge is 0.335 e. The molecule has 0 aliphatic rings. The molecule has 2 aromatic heterocycles. The molecule has 0 fully saturated rings. The van der Waals surface area contributed by atoms with Gasteiger partial charge in [0.1, 0.15) is 18.3 Å². The average Bonchev–Trinajstić information content (AvgIpc) is 2.87. The number of carbonyl (C=O) groups excluding carboxylic acids is 1. The lowest BCUT2D eigenvalue weighted by atomic mass is 10.2. The molecule has 22 heavy (non-hydrogen) atoms. The van der Waals surface area contributed by atoms with Gasteiger partial charge in [-0.05, 0) is 25.5 Å². The second kappa shape index (κ2) is 5.44. The van der Waals surface area contributed by atoms with Gasteiger partial charge in [0.05, 0.1) is 5.69 Å². The van der Waals surface area contributed by atoms with E-state index in [9.17, 15) is 9.59 Å². The number of aryl methyl sites for hydroxylation is 2. The van der Waals surface area contributed by atoms with E-state index in [0.29, 0.717) is 11.1 Å². The van der Waals surface area contributed by atoms with Crippen molar-refractivity contribution in [3.63, 3.8) is 0 Å². The Hall–Kier alpha value is -2.96. The van der Waals surface area contributed by atoms with E-state index in [1.165, 1.54) is 10.9 Å². The zero-order valence-electron chi connectivity index (χ0n) is 12.2. The van der Waals surface area contributed by atoms with E-state index >= 15 is 0 Å². The van der Waals surface area contributed by atoms with Crippen LogP contribution in [-0.2, 0) is 11.3 Å². The highest BCUT2D eigenvalue weighted by Crippen LogP contribution is 2.13. The van der Waals surface area contributed by atoms with Crippen LogP contribution in [0.15, 0.2) is 39.9 Å². The van der Waals surface area contributed by atoms with Gasteiger partial charge < -0.3 is 9.84 Å². The lowest BCUT2D eigenvalue weighted by Crippen LogP contribution is -2.28. The van der Waals surface area contributed by atoms with Crippen molar-refractivity contribution in [3.8, 4) is 0 Å². The molecular weight excluding hydrogens is 284 g/mol. The van der Waals surface area contributed by atoms with Crippen LogP contribution < -0.4 is 10.9 Å². The Morgan fingerprint density at radius 2 is 2.09 bits per heavy atom. The molecule has 0 bridgehead atoms. The number of carbonyl (C=O) groups is 1. The van der Waals surface area contributed by atoms with Crippen LogP contribution >= 0.6 is 0 Å². The first-order chi connectivity index (χ1) is 10.6. The lowest BCUT2D eigenvalue weighted by Gasteiger charge is -2.09. The SMILES string of the molecule is Cc1ccccc1NC(=O)Cn1cnc2onc(C)c2c1=O. The van der Waals surface area contributed by atoms with E-state index in [-0.39, 0.29) is 23.7 Å². The summed E-state index contributed by atoms with van der Waals surface area (Å²) in [6.45, 7) is 3.43. The lowest BCUT2D eigenvalue weighted by molar-refractivity contribution is -0.116. The Bertz CT molecular complexity index is 911. The fourth-order valence-corrected chi connectivity index (χ4v) is 2.18. The van der Waals surface area contributed by atoms with Crippen molar-refractivity contribution in [2.75, 3.05) is 5.32 Å². The molecule has 1 amide bonds. The number of nitrogens with one attached hydrogen (secondary N) is 1. The van der Waals surface area contributed by atoms with Crippen LogP contribution in [0.4, 0.5) is 5.69 Å². The first kappa shape index (κ1) is 14.0. The highest BCUT2D eigenvalue weighted by molar-refractivity contribution is 5.91. The van der Waals surface area contributed by atoms with Gasteiger partial charge in [-0.1, -0.05) is 23.4 Å². The molecule has 2 heterocycles. The molecule has 1 N–H and O–H groups in total. The van der Waals surface area contributed by atoms with Crippen LogP contribution in [0.25, 0.3) is 11.1 Å². The smallest absolute Gasteiger partial charge is 0.267 e. The number of fused-ring (bicyclic) bond motifs is 1. The molecule has 0 saturated heterocycles. The van der Waals surface area contributed by atoms with Crippen molar-refractivity contribution in [2.45, 2.75) is 20.4 Å². The number of aromatic nitrogens is 3. The summed E-state index contributed by atoms with van der Waals surface area (Å²) in [5, 5.41) is 6.78. The van der Waals surface area contributed by atoms with E-state index in [1.54, 1.807) is 6.92 Å². The summed E-state index contributed by atoms with van der Waals surface area (Å²) in [6, 6.07) is 7.43. The Kier molecular flexibility index (Phi) is 3.46. The number of benzene rings is 1. The van der Waals surface area contributed by atoms with Gasteiger partial charge in [0.2, 0.25) is 5.91 Å². The van der Waals surface area contributed by atoms with E-state index in [2.05, 4.69) is 15.5 Å². The van der Waals surface area contributed by atoms with Gasteiger partial charge in [0.25, 0.3) is 11.3 Å². The topological polar surface area (TPSA) is 90.0 Å². The highest BCUT2D eigenvalue weighted by Gasteiger charge is 2.14. The number of rotatable bonds is 3. The fraction of sp³-hybridized carbons (Fsp3) is 0.200. The van der Waals surface area contributed by atoms with Crippen molar-refractivity contribution >= 4 is 22.7 Å². The monoisotopic (exact) mass is 298 g/mol.